The van der Waals surface area contributed by atoms with Gasteiger partial charge in [-0.2, -0.15) is 0 Å². The van der Waals surface area contributed by atoms with Crippen molar-refractivity contribution in [2.24, 2.45) is 4.99 Å². The average molecular weight is 364 g/mol. The molecule has 0 saturated carbocycles. The Morgan fingerprint density at radius 1 is 1.38 bits per heavy atom. The van der Waals surface area contributed by atoms with Crippen molar-refractivity contribution in [2.75, 3.05) is 7.05 Å². The molecule has 1 amide bonds. The van der Waals surface area contributed by atoms with Crippen LogP contribution in [0.25, 0.3) is 10.9 Å². The Bertz CT molecular complexity index is 819. The highest BCUT2D eigenvalue weighted by molar-refractivity contribution is 6.45. The molecule has 0 atom stereocenters. The molecule has 126 valence electrons. The maximum Gasteiger partial charge on any atom is 0.267 e. The number of H-pyrrole nitrogens is 1. The van der Waals surface area contributed by atoms with E-state index in [0.717, 1.165) is 23.7 Å². The maximum atomic E-state index is 11.4. The van der Waals surface area contributed by atoms with Crippen LogP contribution in [0.5, 0.6) is 0 Å². The number of aromatic nitrogens is 1. The van der Waals surface area contributed by atoms with E-state index in [-0.39, 0.29) is 5.91 Å². The van der Waals surface area contributed by atoms with Crippen molar-refractivity contribution in [1.29, 1.82) is 0 Å². The summed E-state index contributed by atoms with van der Waals surface area (Å²) in [6, 6.07) is 5.16. The molecule has 0 radical (unpaired) electrons. The number of nitrogens with one attached hydrogen (secondary N) is 2. The van der Waals surface area contributed by atoms with E-state index in [1.165, 1.54) is 5.57 Å². The van der Waals surface area contributed by atoms with Crippen molar-refractivity contribution in [2.45, 2.75) is 19.8 Å². The number of amides is 1. The molecule has 24 heavy (non-hydrogen) atoms. The molecule has 0 bridgehead atoms. The molecule has 2 aromatic rings. The van der Waals surface area contributed by atoms with Crippen LogP contribution in [0.4, 0.5) is 0 Å². The molecule has 1 aromatic heterocycles. The van der Waals surface area contributed by atoms with Crippen molar-refractivity contribution >= 4 is 46.2 Å². The quantitative estimate of drug-likeness (QED) is 0.761. The summed E-state index contributed by atoms with van der Waals surface area (Å²) in [6.45, 7) is 2.15. The Kier molecular flexibility index (Phi) is 6.64. The van der Waals surface area contributed by atoms with E-state index < -0.39 is 0 Å². The van der Waals surface area contributed by atoms with Gasteiger partial charge in [-0.25, -0.2) is 0 Å². The minimum absolute atomic E-state index is 0.182. The minimum atomic E-state index is -0.182. The number of rotatable bonds is 2. The lowest BCUT2D eigenvalue weighted by Crippen LogP contribution is -2.17. The first-order chi connectivity index (χ1) is 11.6. The van der Waals surface area contributed by atoms with Crippen LogP contribution < -0.4 is 5.32 Å². The van der Waals surface area contributed by atoms with Crippen molar-refractivity contribution in [3.63, 3.8) is 0 Å². The third-order valence-electron chi connectivity index (χ3n) is 3.56. The van der Waals surface area contributed by atoms with Gasteiger partial charge in [-0.1, -0.05) is 36.2 Å². The second-order valence-electron chi connectivity index (χ2n) is 5.16. The van der Waals surface area contributed by atoms with E-state index in [1.807, 2.05) is 18.5 Å². The fourth-order valence-electron chi connectivity index (χ4n) is 2.17. The van der Waals surface area contributed by atoms with E-state index in [4.69, 9.17) is 23.2 Å². The van der Waals surface area contributed by atoms with Gasteiger partial charge in [0.2, 0.25) is 0 Å². The van der Waals surface area contributed by atoms with Gasteiger partial charge in [0.25, 0.3) is 5.91 Å². The van der Waals surface area contributed by atoms with Crippen LogP contribution in [0, 0.1) is 0 Å². The van der Waals surface area contributed by atoms with Crippen LogP contribution in [0.2, 0.25) is 10.0 Å². The number of hydrogen-bond donors (Lipinski definition) is 2. The normalized spacial score (nSPS) is 13.1. The zero-order chi connectivity index (χ0) is 17.5. The second-order valence-corrected chi connectivity index (χ2v) is 5.94. The lowest BCUT2D eigenvalue weighted by molar-refractivity contribution is 0.0959. The summed E-state index contributed by atoms with van der Waals surface area (Å²) in [7, 11) is 1.57. The third kappa shape index (κ3) is 4.49. The molecule has 0 unspecified atom stereocenters. The topological polar surface area (TPSA) is 57.2 Å². The molecule has 1 aliphatic heterocycles. The van der Waals surface area contributed by atoms with E-state index >= 15 is 0 Å². The highest BCUT2D eigenvalue weighted by Gasteiger charge is 2.11. The summed E-state index contributed by atoms with van der Waals surface area (Å²) in [5.41, 5.74) is 2.67. The molecule has 0 spiro atoms. The average Bonchev–Trinajstić information content (AvgIpc) is 2.86. The Morgan fingerprint density at radius 2 is 2.17 bits per heavy atom. The molecule has 4 nitrogen and oxygen atoms in total. The number of carbonyl (C=O) groups excluding carboxylic acids is 1. The number of aromatic amines is 1. The lowest BCUT2D eigenvalue weighted by atomic mass is 10.1. The predicted molar refractivity (Wildman–Crippen MR) is 102 cm³/mol. The molecular weight excluding hydrogens is 345 g/mol. The van der Waals surface area contributed by atoms with Crippen LogP contribution in [0.1, 0.15) is 30.3 Å². The molecule has 2 N–H and O–H groups in total. The first kappa shape index (κ1) is 18.3. The number of nitrogens with zero attached hydrogens (tertiary/aromatic N) is 1. The van der Waals surface area contributed by atoms with Gasteiger partial charge in [-0.15, -0.1) is 0 Å². The first-order valence-electron chi connectivity index (χ1n) is 7.61. The monoisotopic (exact) mass is 363 g/mol. The van der Waals surface area contributed by atoms with Crippen molar-refractivity contribution < 1.29 is 4.79 Å². The van der Waals surface area contributed by atoms with E-state index in [1.54, 1.807) is 25.2 Å². The summed E-state index contributed by atoms with van der Waals surface area (Å²) in [5, 5.41) is 4.22. The molecule has 2 heterocycles. The van der Waals surface area contributed by atoms with Gasteiger partial charge >= 0.3 is 0 Å². The number of hydrogen-bond acceptors (Lipinski definition) is 2. The summed E-state index contributed by atoms with van der Waals surface area (Å²) in [6.07, 6.45) is 10.1. The Morgan fingerprint density at radius 3 is 2.88 bits per heavy atom. The number of aliphatic imine (C=N–C) groups is 1. The summed E-state index contributed by atoms with van der Waals surface area (Å²) >= 11 is 11.9. The van der Waals surface area contributed by atoms with Crippen LogP contribution in [0.3, 0.4) is 0 Å². The summed E-state index contributed by atoms with van der Waals surface area (Å²) in [5.74, 6) is -0.182. The summed E-state index contributed by atoms with van der Waals surface area (Å²) in [4.78, 5) is 18.4. The van der Waals surface area contributed by atoms with Crippen LogP contribution in [0.15, 0.2) is 47.1 Å². The van der Waals surface area contributed by atoms with Crippen molar-refractivity contribution in [3.05, 3.63) is 57.9 Å². The minimum Gasteiger partial charge on any atom is -0.354 e. The molecule has 0 aliphatic carbocycles. The number of benzene rings is 1. The van der Waals surface area contributed by atoms with Gasteiger partial charge < -0.3 is 10.3 Å². The highest BCUT2D eigenvalue weighted by Crippen LogP contribution is 2.31. The fourth-order valence-corrected chi connectivity index (χ4v) is 2.55. The fraction of sp³-hybridized carbons (Fsp3) is 0.222. The Labute approximate surface area is 151 Å². The number of halogens is 2. The molecule has 1 aromatic carbocycles. The summed E-state index contributed by atoms with van der Waals surface area (Å²) < 4.78 is 0. The predicted octanol–water partition coefficient (Wildman–Crippen LogP) is 5.15. The van der Waals surface area contributed by atoms with Crippen molar-refractivity contribution in [1.82, 2.24) is 10.3 Å². The van der Waals surface area contributed by atoms with Crippen LogP contribution in [-0.4, -0.2) is 24.2 Å². The largest absolute Gasteiger partial charge is 0.354 e. The smallest absolute Gasteiger partial charge is 0.267 e. The third-order valence-corrected chi connectivity index (χ3v) is 4.38. The molecule has 1 aliphatic rings. The standard InChI is InChI=1S/C10H8Cl2N2O.C8H11N/c1-13-10(15)8-4-5-7(14-8)3-2-6(11)9(5)12;1-2-8-5-3-4-6-9-7-8/h2-4,14H,1H3,(H,13,15);3-4,6-7H,2,5H2,1H3. The van der Waals surface area contributed by atoms with E-state index in [0.29, 0.717) is 15.7 Å². The first-order valence-corrected chi connectivity index (χ1v) is 8.37. The SMILES string of the molecule is CCC1=CN=CC=CC1.CNC(=O)c1cc2c(Cl)c(Cl)ccc2[nH]1. The second kappa shape index (κ2) is 8.71. The number of carbonyl (C=O) groups is 1. The Hall–Kier alpha value is -2.04. The number of allylic oxidation sites excluding steroid dienone is 3. The van der Waals surface area contributed by atoms with Crippen molar-refractivity contribution in [3.8, 4) is 0 Å². The Balaban J connectivity index is 0.000000198. The van der Waals surface area contributed by atoms with Crippen LogP contribution >= 0.6 is 23.2 Å². The molecule has 6 heteroatoms. The molecule has 0 saturated heterocycles. The molecule has 0 fully saturated rings. The lowest BCUT2D eigenvalue weighted by Gasteiger charge is -1.95. The van der Waals surface area contributed by atoms with Gasteiger partial charge in [0.1, 0.15) is 5.69 Å². The molecule has 3 rings (SSSR count). The van der Waals surface area contributed by atoms with E-state index in [9.17, 15) is 4.79 Å². The number of fused-ring (bicyclic) bond motifs is 1. The van der Waals surface area contributed by atoms with Crippen LogP contribution in [-0.2, 0) is 0 Å². The zero-order valence-corrected chi connectivity index (χ0v) is 15.1. The van der Waals surface area contributed by atoms with Gasteiger partial charge in [0, 0.05) is 30.4 Å². The van der Waals surface area contributed by atoms with Gasteiger partial charge in [0.15, 0.2) is 0 Å². The zero-order valence-electron chi connectivity index (χ0n) is 13.6. The highest BCUT2D eigenvalue weighted by atomic mass is 35.5. The maximum absolute atomic E-state index is 11.4. The van der Waals surface area contributed by atoms with Gasteiger partial charge in [-0.3, -0.25) is 9.79 Å². The van der Waals surface area contributed by atoms with E-state index in [2.05, 4.69) is 28.3 Å². The molecular formula is C18H19Cl2N3O. The van der Waals surface area contributed by atoms with Gasteiger partial charge in [0.05, 0.1) is 10.0 Å². The van der Waals surface area contributed by atoms with Gasteiger partial charge in [-0.05, 0) is 42.7 Å².